The molecule has 2 rings (SSSR count). The zero-order valence-electron chi connectivity index (χ0n) is 13.3. The molecule has 1 heterocycles. The molecule has 0 radical (unpaired) electrons. The maximum absolute atomic E-state index is 12.4. The zero-order chi connectivity index (χ0) is 17.9. The summed E-state index contributed by atoms with van der Waals surface area (Å²) >= 11 is 6.00. The molecule has 126 valence electrons. The van der Waals surface area contributed by atoms with Gasteiger partial charge in [0.2, 0.25) is 0 Å². The average Bonchev–Trinajstić information content (AvgIpc) is 2.54. The second kappa shape index (κ2) is 7.27. The Hall–Kier alpha value is -2.67. The van der Waals surface area contributed by atoms with Gasteiger partial charge in [-0.25, -0.2) is 14.8 Å². The second-order valence-corrected chi connectivity index (χ2v) is 5.66. The number of rotatable bonds is 5. The molecule has 0 saturated carbocycles. The third-order valence-electron chi connectivity index (χ3n) is 3.18. The fourth-order valence-electron chi connectivity index (χ4n) is 1.95. The van der Waals surface area contributed by atoms with E-state index in [2.05, 4.69) is 15.3 Å². The van der Waals surface area contributed by atoms with Gasteiger partial charge >= 0.3 is 5.97 Å². The molecule has 7 nitrogen and oxygen atoms in total. The minimum absolute atomic E-state index is 0.00217. The summed E-state index contributed by atoms with van der Waals surface area (Å²) in [7, 11) is 1.35. The third kappa shape index (κ3) is 3.80. The molecule has 0 fully saturated rings. The molecule has 0 bridgehead atoms. The van der Waals surface area contributed by atoms with E-state index in [1.54, 1.807) is 0 Å². The number of amides is 1. The van der Waals surface area contributed by atoms with Crippen molar-refractivity contribution in [1.82, 2.24) is 9.97 Å². The molecule has 1 amide bonds. The number of methoxy groups -OCH3 is 1. The van der Waals surface area contributed by atoms with E-state index >= 15 is 0 Å². The van der Waals surface area contributed by atoms with Crippen molar-refractivity contribution in [2.24, 2.45) is 0 Å². The Bertz CT molecular complexity index is 793. The largest absolute Gasteiger partial charge is 0.496 e. The number of hydrogen-bond donors (Lipinski definition) is 2. The summed E-state index contributed by atoms with van der Waals surface area (Å²) < 4.78 is 5.03. The first-order valence-electron chi connectivity index (χ1n) is 7.08. The Morgan fingerprint density at radius 3 is 2.62 bits per heavy atom. The standard InChI is InChI=1S/C16H16ClN3O4/c1-8(2)14-18-7-11(17)13(20-14)15(21)19-9-4-5-10(16(22)23)12(6-9)24-3/h4-8H,1-3H3,(H,19,21)(H,22,23). The number of nitrogens with one attached hydrogen (secondary N) is 1. The number of aromatic nitrogens is 2. The summed E-state index contributed by atoms with van der Waals surface area (Å²) in [5.41, 5.74) is 0.414. The van der Waals surface area contributed by atoms with E-state index in [-0.39, 0.29) is 27.9 Å². The Labute approximate surface area is 143 Å². The quantitative estimate of drug-likeness (QED) is 0.859. The number of carbonyl (C=O) groups excluding carboxylic acids is 1. The number of aromatic carboxylic acids is 1. The third-order valence-corrected chi connectivity index (χ3v) is 3.46. The highest BCUT2D eigenvalue weighted by Crippen LogP contribution is 2.24. The fourth-order valence-corrected chi connectivity index (χ4v) is 2.13. The first-order chi connectivity index (χ1) is 11.3. The first-order valence-corrected chi connectivity index (χ1v) is 7.46. The predicted octanol–water partition coefficient (Wildman–Crippen LogP) is 3.21. The number of nitrogens with zero attached hydrogens (tertiary/aromatic N) is 2. The summed E-state index contributed by atoms with van der Waals surface area (Å²) in [6, 6.07) is 4.22. The number of ether oxygens (including phenoxy) is 1. The number of carboxylic acid groups (broad SMARTS) is 1. The van der Waals surface area contributed by atoms with Crippen LogP contribution >= 0.6 is 11.6 Å². The van der Waals surface area contributed by atoms with Gasteiger partial charge < -0.3 is 15.2 Å². The van der Waals surface area contributed by atoms with Crippen LogP contribution in [0.15, 0.2) is 24.4 Å². The minimum Gasteiger partial charge on any atom is -0.496 e. The molecule has 0 unspecified atom stereocenters. The normalized spacial score (nSPS) is 10.5. The Kier molecular flexibility index (Phi) is 5.35. The van der Waals surface area contributed by atoms with Crippen LogP contribution in [0.1, 0.15) is 46.4 Å². The molecule has 1 aromatic heterocycles. The molecule has 24 heavy (non-hydrogen) atoms. The maximum Gasteiger partial charge on any atom is 0.339 e. The smallest absolute Gasteiger partial charge is 0.339 e. The van der Waals surface area contributed by atoms with Gasteiger partial charge in [-0.2, -0.15) is 0 Å². The first kappa shape index (κ1) is 17.7. The van der Waals surface area contributed by atoms with Gasteiger partial charge in [0.25, 0.3) is 5.91 Å². The molecular weight excluding hydrogens is 334 g/mol. The van der Waals surface area contributed by atoms with Crippen LogP contribution in [0.5, 0.6) is 5.75 Å². The number of benzene rings is 1. The molecule has 0 aliphatic carbocycles. The van der Waals surface area contributed by atoms with Crippen molar-refractivity contribution >= 4 is 29.2 Å². The van der Waals surface area contributed by atoms with Crippen molar-refractivity contribution < 1.29 is 19.4 Å². The van der Waals surface area contributed by atoms with E-state index in [1.165, 1.54) is 31.5 Å². The summed E-state index contributed by atoms with van der Waals surface area (Å²) in [6.45, 7) is 3.81. The van der Waals surface area contributed by atoms with Gasteiger partial charge in [0.15, 0.2) is 5.69 Å². The summed E-state index contributed by atoms with van der Waals surface area (Å²) in [5, 5.41) is 11.8. The van der Waals surface area contributed by atoms with Crippen molar-refractivity contribution in [2.45, 2.75) is 19.8 Å². The zero-order valence-corrected chi connectivity index (χ0v) is 14.1. The van der Waals surface area contributed by atoms with Crippen LogP contribution in [-0.2, 0) is 0 Å². The highest BCUT2D eigenvalue weighted by Gasteiger charge is 2.17. The van der Waals surface area contributed by atoms with Crippen LogP contribution < -0.4 is 10.1 Å². The van der Waals surface area contributed by atoms with Crippen molar-refractivity contribution in [3.8, 4) is 5.75 Å². The van der Waals surface area contributed by atoms with Crippen LogP contribution in [0.25, 0.3) is 0 Å². The number of carboxylic acids is 1. The summed E-state index contributed by atoms with van der Waals surface area (Å²) in [5.74, 6) is -0.955. The molecule has 0 saturated heterocycles. The van der Waals surface area contributed by atoms with Crippen molar-refractivity contribution in [1.29, 1.82) is 0 Å². The maximum atomic E-state index is 12.4. The molecule has 2 aromatic rings. The van der Waals surface area contributed by atoms with E-state index in [1.807, 2.05) is 13.8 Å². The SMILES string of the molecule is COc1cc(NC(=O)c2nc(C(C)C)ncc2Cl)ccc1C(=O)O. The number of hydrogen-bond acceptors (Lipinski definition) is 5. The Morgan fingerprint density at radius 2 is 2.04 bits per heavy atom. The topological polar surface area (TPSA) is 101 Å². The predicted molar refractivity (Wildman–Crippen MR) is 89.0 cm³/mol. The average molecular weight is 350 g/mol. The van der Waals surface area contributed by atoms with Gasteiger partial charge in [-0.15, -0.1) is 0 Å². The van der Waals surface area contributed by atoms with Crippen LogP contribution in [0.4, 0.5) is 5.69 Å². The Morgan fingerprint density at radius 1 is 1.33 bits per heavy atom. The van der Waals surface area contributed by atoms with Gasteiger partial charge in [0.1, 0.15) is 17.1 Å². The van der Waals surface area contributed by atoms with Gasteiger partial charge in [-0.1, -0.05) is 25.4 Å². The van der Waals surface area contributed by atoms with E-state index in [4.69, 9.17) is 21.4 Å². The highest BCUT2D eigenvalue weighted by molar-refractivity contribution is 6.33. The summed E-state index contributed by atoms with van der Waals surface area (Å²) in [6.07, 6.45) is 1.38. The van der Waals surface area contributed by atoms with Crippen LogP contribution in [0, 0.1) is 0 Å². The van der Waals surface area contributed by atoms with E-state index < -0.39 is 11.9 Å². The van der Waals surface area contributed by atoms with Crippen LogP contribution in [0.2, 0.25) is 5.02 Å². The van der Waals surface area contributed by atoms with E-state index in [0.717, 1.165) is 0 Å². The molecular formula is C16H16ClN3O4. The molecule has 8 heteroatoms. The lowest BCUT2D eigenvalue weighted by Crippen LogP contribution is -2.16. The number of carbonyl (C=O) groups is 2. The Balaban J connectivity index is 2.30. The summed E-state index contributed by atoms with van der Waals surface area (Å²) in [4.78, 5) is 31.7. The van der Waals surface area contributed by atoms with Gasteiger partial charge in [0, 0.05) is 17.7 Å². The molecule has 0 spiro atoms. The fraction of sp³-hybridized carbons (Fsp3) is 0.250. The molecule has 1 aromatic carbocycles. The van der Waals surface area contributed by atoms with Crippen molar-refractivity contribution in [3.63, 3.8) is 0 Å². The van der Waals surface area contributed by atoms with E-state index in [9.17, 15) is 9.59 Å². The van der Waals surface area contributed by atoms with Crippen molar-refractivity contribution in [3.05, 3.63) is 46.5 Å². The lowest BCUT2D eigenvalue weighted by Gasteiger charge is -2.11. The van der Waals surface area contributed by atoms with Gasteiger partial charge in [-0.05, 0) is 12.1 Å². The van der Waals surface area contributed by atoms with Crippen LogP contribution in [0.3, 0.4) is 0 Å². The highest BCUT2D eigenvalue weighted by atomic mass is 35.5. The monoisotopic (exact) mass is 349 g/mol. The minimum atomic E-state index is -1.12. The number of halogens is 1. The van der Waals surface area contributed by atoms with E-state index in [0.29, 0.717) is 11.5 Å². The van der Waals surface area contributed by atoms with Crippen LogP contribution in [-0.4, -0.2) is 34.1 Å². The van der Waals surface area contributed by atoms with Gasteiger partial charge in [-0.3, -0.25) is 4.79 Å². The lowest BCUT2D eigenvalue weighted by atomic mass is 10.1. The molecule has 0 atom stereocenters. The van der Waals surface area contributed by atoms with Gasteiger partial charge in [0.05, 0.1) is 18.3 Å². The lowest BCUT2D eigenvalue weighted by molar-refractivity contribution is 0.0693. The van der Waals surface area contributed by atoms with Crippen molar-refractivity contribution in [2.75, 3.05) is 12.4 Å². The molecule has 0 aliphatic rings. The molecule has 0 aliphatic heterocycles. The molecule has 2 N–H and O–H groups in total. The second-order valence-electron chi connectivity index (χ2n) is 5.25. The number of anilines is 1.